The van der Waals surface area contributed by atoms with Gasteiger partial charge in [-0.15, -0.1) is 0 Å². The third kappa shape index (κ3) is 5.49. The van der Waals surface area contributed by atoms with Gasteiger partial charge in [-0.3, -0.25) is 4.79 Å². The number of hydrogen-bond acceptors (Lipinski definition) is 3. The first kappa shape index (κ1) is 16.4. The van der Waals surface area contributed by atoms with Gasteiger partial charge in [0.2, 0.25) is 5.91 Å². The van der Waals surface area contributed by atoms with Gasteiger partial charge in [-0.25, -0.2) is 0 Å². The SMILES string of the molecule is CCC(O)(CC)CNC(C)C(=O)NC1CCCCC1. The topological polar surface area (TPSA) is 61.4 Å². The molecule has 1 unspecified atom stereocenters. The van der Waals surface area contributed by atoms with Gasteiger partial charge in [0.1, 0.15) is 0 Å². The Labute approximate surface area is 117 Å². The maximum Gasteiger partial charge on any atom is 0.237 e. The Kier molecular flexibility index (Phi) is 6.80. The van der Waals surface area contributed by atoms with Crippen LogP contribution >= 0.6 is 0 Å². The zero-order valence-corrected chi connectivity index (χ0v) is 12.7. The van der Waals surface area contributed by atoms with Crippen LogP contribution in [0.5, 0.6) is 0 Å². The van der Waals surface area contributed by atoms with Crippen molar-refractivity contribution in [3.05, 3.63) is 0 Å². The summed E-state index contributed by atoms with van der Waals surface area (Å²) in [4.78, 5) is 12.0. The van der Waals surface area contributed by atoms with E-state index in [0.717, 1.165) is 12.8 Å². The third-order valence-corrected chi connectivity index (χ3v) is 4.40. The molecule has 0 aromatic rings. The second-order valence-electron chi connectivity index (χ2n) is 5.88. The van der Waals surface area contributed by atoms with E-state index in [1.165, 1.54) is 19.3 Å². The highest BCUT2D eigenvalue weighted by atomic mass is 16.3. The van der Waals surface area contributed by atoms with Gasteiger partial charge >= 0.3 is 0 Å². The number of carbonyl (C=O) groups excluding carboxylic acids is 1. The summed E-state index contributed by atoms with van der Waals surface area (Å²) in [6.07, 6.45) is 7.34. The van der Waals surface area contributed by atoms with Crippen LogP contribution in [0.2, 0.25) is 0 Å². The van der Waals surface area contributed by atoms with Gasteiger partial charge in [0.15, 0.2) is 0 Å². The molecular weight excluding hydrogens is 240 g/mol. The molecule has 0 bridgehead atoms. The van der Waals surface area contributed by atoms with E-state index in [9.17, 15) is 9.90 Å². The predicted octanol–water partition coefficient (Wildman–Crippen LogP) is 1.96. The Morgan fingerprint density at radius 3 is 2.37 bits per heavy atom. The Morgan fingerprint density at radius 2 is 1.84 bits per heavy atom. The fourth-order valence-corrected chi connectivity index (χ4v) is 2.51. The van der Waals surface area contributed by atoms with Crippen molar-refractivity contribution in [1.82, 2.24) is 10.6 Å². The summed E-state index contributed by atoms with van der Waals surface area (Å²) in [6, 6.07) is 0.105. The van der Waals surface area contributed by atoms with Gasteiger partial charge in [0, 0.05) is 12.6 Å². The van der Waals surface area contributed by atoms with Crippen LogP contribution in [-0.4, -0.2) is 35.2 Å². The molecule has 0 aromatic heterocycles. The summed E-state index contributed by atoms with van der Waals surface area (Å²) in [7, 11) is 0. The fourth-order valence-electron chi connectivity index (χ4n) is 2.51. The number of amides is 1. The summed E-state index contributed by atoms with van der Waals surface area (Å²) in [5.41, 5.74) is -0.695. The van der Waals surface area contributed by atoms with E-state index in [4.69, 9.17) is 0 Å². The van der Waals surface area contributed by atoms with Gasteiger partial charge in [0.05, 0.1) is 11.6 Å². The lowest BCUT2D eigenvalue weighted by atomic mass is 9.95. The van der Waals surface area contributed by atoms with Crippen molar-refractivity contribution in [1.29, 1.82) is 0 Å². The summed E-state index contributed by atoms with van der Waals surface area (Å²) < 4.78 is 0. The van der Waals surface area contributed by atoms with E-state index < -0.39 is 5.60 Å². The van der Waals surface area contributed by atoms with Crippen molar-refractivity contribution in [2.45, 2.75) is 83.4 Å². The zero-order chi connectivity index (χ0) is 14.3. The van der Waals surface area contributed by atoms with Crippen molar-refractivity contribution in [3.63, 3.8) is 0 Å². The molecule has 1 atom stereocenters. The van der Waals surface area contributed by atoms with Gasteiger partial charge < -0.3 is 15.7 Å². The van der Waals surface area contributed by atoms with Gasteiger partial charge in [-0.1, -0.05) is 33.1 Å². The highest BCUT2D eigenvalue weighted by Gasteiger charge is 2.25. The maximum absolute atomic E-state index is 12.0. The molecule has 4 heteroatoms. The minimum Gasteiger partial charge on any atom is -0.389 e. The molecule has 1 saturated carbocycles. The normalized spacial score (nSPS) is 19.2. The minimum atomic E-state index is -0.695. The third-order valence-electron chi connectivity index (χ3n) is 4.40. The highest BCUT2D eigenvalue weighted by molar-refractivity contribution is 5.81. The number of nitrogens with one attached hydrogen (secondary N) is 2. The second-order valence-corrected chi connectivity index (χ2v) is 5.88. The van der Waals surface area contributed by atoms with Crippen molar-refractivity contribution in [3.8, 4) is 0 Å². The van der Waals surface area contributed by atoms with E-state index in [1.54, 1.807) is 0 Å². The molecule has 112 valence electrons. The van der Waals surface area contributed by atoms with Crippen molar-refractivity contribution in [2.24, 2.45) is 0 Å². The Hall–Kier alpha value is -0.610. The Morgan fingerprint density at radius 1 is 1.26 bits per heavy atom. The fraction of sp³-hybridized carbons (Fsp3) is 0.933. The lowest BCUT2D eigenvalue weighted by molar-refractivity contribution is -0.124. The quantitative estimate of drug-likeness (QED) is 0.663. The molecule has 4 nitrogen and oxygen atoms in total. The first-order valence-corrected chi connectivity index (χ1v) is 7.77. The number of hydrogen-bond donors (Lipinski definition) is 3. The first-order valence-electron chi connectivity index (χ1n) is 7.77. The van der Waals surface area contributed by atoms with Crippen LogP contribution in [0.4, 0.5) is 0 Å². The van der Waals surface area contributed by atoms with E-state index in [2.05, 4.69) is 10.6 Å². The molecule has 1 fully saturated rings. The molecule has 0 heterocycles. The van der Waals surface area contributed by atoms with Crippen LogP contribution < -0.4 is 10.6 Å². The van der Waals surface area contributed by atoms with E-state index in [-0.39, 0.29) is 11.9 Å². The maximum atomic E-state index is 12.0. The second kappa shape index (κ2) is 7.85. The standard InChI is InChI=1S/C15H30N2O2/c1-4-15(19,5-2)11-16-12(3)14(18)17-13-9-7-6-8-10-13/h12-13,16,19H,4-11H2,1-3H3,(H,17,18). The van der Waals surface area contributed by atoms with E-state index >= 15 is 0 Å². The molecule has 1 aliphatic carbocycles. The van der Waals surface area contributed by atoms with Crippen molar-refractivity contribution < 1.29 is 9.90 Å². The smallest absolute Gasteiger partial charge is 0.237 e. The predicted molar refractivity (Wildman–Crippen MR) is 78.0 cm³/mol. The molecule has 1 amide bonds. The monoisotopic (exact) mass is 270 g/mol. The molecule has 1 aliphatic rings. The molecule has 19 heavy (non-hydrogen) atoms. The largest absolute Gasteiger partial charge is 0.389 e. The number of rotatable bonds is 7. The minimum absolute atomic E-state index is 0.0569. The number of aliphatic hydroxyl groups is 1. The molecule has 1 rings (SSSR count). The Bertz CT molecular complexity index is 271. The highest BCUT2D eigenvalue weighted by Crippen LogP contribution is 2.17. The molecule has 0 saturated heterocycles. The molecule has 0 aliphatic heterocycles. The van der Waals surface area contributed by atoms with Crippen LogP contribution in [0, 0.1) is 0 Å². The summed E-state index contributed by atoms with van der Waals surface area (Å²) in [5.74, 6) is 0.0569. The number of carbonyl (C=O) groups is 1. The zero-order valence-electron chi connectivity index (χ0n) is 12.7. The molecule has 0 spiro atoms. The van der Waals surface area contributed by atoms with Crippen LogP contribution in [0.15, 0.2) is 0 Å². The Balaban J connectivity index is 2.31. The average molecular weight is 270 g/mol. The average Bonchev–Trinajstić information content (AvgIpc) is 2.45. The first-order chi connectivity index (χ1) is 9.00. The van der Waals surface area contributed by atoms with Crippen LogP contribution in [0.1, 0.15) is 65.7 Å². The van der Waals surface area contributed by atoms with Gasteiger partial charge in [-0.05, 0) is 32.6 Å². The lowest BCUT2D eigenvalue weighted by Crippen LogP contribution is -2.50. The van der Waals surface area contributed by atoms with Gasteiger partial charge in [-0.2, -0.15) is 0 Å². The summed E-state index contributed by atoms with van der Waals surface area (Å²) >= 11 is 0. The molecular formula is C15H30N2O2. The van der Waals surface area contributed by atoms with E-state index in [0.29, 0.717) is 25.4 Å². The van der Waals surface area contributed by atoms with Crippen LogP contribution in [0.25, 0.3) is 0 Å². The van der Waals surface area contributed by atoms with Crippen LogP contribution in [-0.2, 0) is 4.79 Å². The van der Waals surface area contributed by atoms with Crippen molar-refractivity contribution in [2.75, 3.05) is 6.54 Å². The van der Waals surface area contributed by atoms with Gasteiger partial charge in [0.25, 0.3) is 0 Å². The summed E-state index contributed by atoms with van der Waals surface area (Å²) in [6.45, 7) is 6.28. The molecule has 0 radical (unpaired) electrons. The lowest BCUT2D eigenvalue weighted by Gasteiger charge is -2.28. The van der Waals surface area contributed by atoms with Crippen LogP contribution in [0.3, 0.4) is 0 Å². The van der Waals surface area contributed by atoms with Crippen molar-refractivity contribution >= 4 is 5.91 Å². The summed E-state index contributed by atoms with van der Waals surface area (Å²) in [5, 5.41) is 16.4. The van der Waals surface area contributed by atoms with E-state index in [1.807, 2.05) is 20.8 Å². The molecule has 0 aromatic carbocycles. The molecule has 3 N–H and O–H groups in total.